The Hall–Kier alpha value is -3.40. The molecule has 0 aromatic heterocycles. The molecule has 3 aromatic carbocycles. The zero-order valence-corrected chi connectivity index (χ0v) is 17.1. The van der Waals surface area contributed by atoms with Gasteiger partial charge in [0.2, 0.25) is 11.8 Å². The van der Waals surface area contributed by atoms with Gasteiger partial charge < -0.3 is 10.2 Å². The van der Waals surface area contributed by atoms with Gasteiger partial charge in [-0.05, 0) is 23.6 Å². The predicted molar refractivity (Wildman–Crippen MR) is 118 cm³/mol. The molecular weight excluding hydrogens is 372 g/mol. The molecule has 4 nitrogen and oxygen atoms in total. The Balaban J connectivity index is 1.50. The predicted octanol–water partition coefficient (Wildman–Crippen LogP) is 4.50. The van der Waals surface area contributed by atoms with Gasteiger partial charge in [-0.1, -0.05) is 91.0 Å². The number of likely N-dealkylation sites (tertiary alicyclic amines) is 1. The molecule has 4 rings (SSSR count). The van der Waals surface area contributed by atoms with Crippen LogP contribution in [0.1, 0.15) is 42.1 Å². The first kappa shape index (κ1) is 19.9. The van der Waals surface area contributed by atoms with Crippen LogP contribution in [0.4, 0.5) is 0 Å². The normalized spacial score (nSPS) is 17.2. The third kappa shape index (κ3) is 4.28. The standard InChI is InChI=1S/C26H26N2O2/c1-19(20-11-5-2-6-12-20)28-18-23(17-24(28)29)26(30)27-25(21-13-7-3-8-14-21)22-15-9-4-10-16-22/h2-16,19,23,25H,17-18H2,1H3,(H,27,30)/t19-,23-/m0/s1. The van der Waals surface area contributed by atoms with Crippen molar-refractivity contribution < 1.29 is 9.59 Å². The quantitative estimate of drug-likeness (QED) is 0.665. The van der Waals surface area contributed by atoms with Crippen LogP contribution in [0.5, 0.6) is 0 Å². The molecule has 0 bridgehead atoms. The van der Waals surface area contributed by atoms with E-state index in [9.17, 15) is 9.59 Å². The van der Waals surface area contributed by atoms with Crippen molar-refractivity contribution in [3.8, 4) is 0 Å². The van der Waals surface area contributed by atoms with Crippen LogP contribution in [0.15, 0.2) is 91.0 Å². The highest BCUT2D eigenvalue weighted by Crippen LogP contribution is 2.30. The third-order valence-electron chi connectivity index (χ3n) is 5.83. The van der Waals surface area contributed by atoms with Crippen molar-refractivity contribution >= 4 is 11.8 Å². The average molecular weight is 399 g/mol. The van der Waals surface area contributed by atoms with Gasteiger partial charge in [-0.3, -0.25) is 9.59 Å². The van der Waals surface area contributed by atoms with Gasteiger partial charge in [0.1, 0.15) is 0 Å². The lowest BCUT2D eigenvalue weighted by atomic mass is 9.97. The second-order valence-electron chi connectivity index (χ2n) is 7.80. The highest BCUT2D eigenvalue weighted by molar-refractivity contribution is 5.89. The van der Waals surface area contributed by atoms with Crippen LogP contribution in [0.25, 0.3) is 0 Å². The first-order valence-corrected chi connectivity index (χ1v) is 10.4. The topological polar surface area (TPSA) is 49.4 Å². The SMILES string of the molecule is C[C@@H](c1ccccc1)N1C[C@@H](C(=O)NC(c2ccccc2)c2ccccc2)CC1=O. The molecule has 2 atom stereocenters. The van der Waals surface area contributed by atoms with Crippen LogP contribution >= 0.6 is 0 Å². The number of nitrogens with one attached hydrogen (secondary N) is 1. The van der Waals surface area contributed by atoms with Crippen LogP contribution in [-0.4, -0.2) is 23.3 Å². The molecular formula is C26H26N2O2. The van der Waals surface area contributed by atoms with Crippen molar-refractivity contribution in [3.05, 3.63) is 108 Å². The smallest absolute Gasteiger partial charge is 0.226 e. The van der Waals surface area contributed by atoms with Crippen LogP contribution in [-0.2, 0) is 9.59 Å². The summed E-state index contributed by atoms with van der Waals surface area (Å²) >= 11 is 0. The zero-order chi connectivity index (χ0) is 20.9. The lowest BCUT2D eigenvalue weighted by molar-refractivity contribution is -0.130. The number of amides is 2. The highest BCUT2D eigenvalue weighted by Gasteiger charge is 2.37. The van der Waals surface area contributed by atoms with E-state index in [1.807, 2.05) is 103 Å². The molecule has 4 heteroatoms. The Bertz CT molecular complexity index is 950. The number of hydrogen-bond donors (Lipinski definition) is 1. The van der Waals surface area contributed by atoms with E-state index in [0.717, 1.165) is 16.7 Å². The summed E-state index contributed by atoms with van der Waals surface area (Å²) < 4.78 is 0. The second kappa shape index (κ2) is 8.95. The van der Waals surface area contributed by atoms with E-state index in [-0.39, 0.29) is 36.2 Å². The maximum absolute atomic E-state index is 13.2. The van der Waals surface area contributed by atoms with E-state index in [2.05, 4.69) is 5.32 Å². The number of benzene rings is 3. The van der Waals surface area contributed by atoms with Gasteiger partial charge in [0.25, 0.3) is 0 Å². The molecule has 1 aliphatic rings. The van der Waals surface area contributed by atoms with Crippen molar-refractivity contribution in [2.75, 3.05) is 6.54 Å². The van der Waals surface area contributed by atoms with Gasteiger partial charge in [0.15, 0.2) is 0 Å². The molecule has 0 unspecified atom stereocenters. The molecule has 1 saturated heterocycles. The van der Waals surface area contributed by atoms with Gasteiger partial charge >= 0.3 is 0 Å². The largest absolute Gasteiger partial charge is 0.345 e. The summed E-state index contributed by atoms with van der Waals surface area (Å²) in [6.07, 6.45) is 0.249. The lowest BCUT2D eigenvalue weighted by Gasteiger charge is -2.26. The molecule has 3 aromatic rings. The Kier molecular flexibility index (Phi) is 5.94. The summed E-state index contributed by atoms with van der Waals surface area (Å²) in [5.41, 5.74) is 3.13. The Labute approximate surface area is 177 Å². The fourth-order valence-electron chi connectivity index (χ4n) is 4.10. The summed E-state index contributed by atoms with van der Waals surface area (Å²) in [6, 6.07) is 29.5. The number of rotatable bonds is 6. The molecule has 1 heterocycles. The molecule has 2 amide bonds. The Morgan fingerprint density at radius 3 is 1.80 bits per heavy atom. The minimum absolute atomic E-state index is 0.0301. The van der Waals surface area contributed by atoms with Gasteiger partial charge in [0.05, 0.1) is 18.0 Å². The fourth-order valence-corrected chi connectivity index (χ4v) is 4.10. The molecule has 0 radical (unpaired) electrons. The number of nitrogens with zero attached hydrogens (tertiary/aromatic N) is 1. The molecule has 1 fully saturated rings. The van der Waals surface area contributed by atoms with Crippen molar-refractivity contribution in [2.24, 2.45) is 5.92 Å². The molecule has 0 spiro atoms. The van der Waals surface area contributed by atoms with E-state index in [0.29, 0.717) is 6.54 Å². The molecule has 30 heavy (non-hydrogen) atoms. The summed E-state index contributed by atoms with van der Waals surface area (Å²) in [6.45, 7) is 2.46. The minimum Gasteiger partial charge on any atom is -0.345 e. The van der Waals surface area contributed by atoms with Crippen LogP contribution in [0.2, 0.25) is 0 Å². The zero-order valence-electron chi connectivity index (χ0n) is 17.1. The van der Waals surface area contributed by atoms with E-state index in [4.69, 9.17) is 0 Å². The molecule has 152 valence electrons. The maximum Gasteiger partial charge on any atom is 0.226 e. The average Bonchev–Trinajstić information content (AvgIpc) is 3.20. The summed E-state index contributed by atoms with van der Waals surface area (Å²) in [5, 5.41) is 3.19. The molecule has 0 aliphatic carbocycles. The summed E-state index contributed by atoms with van der Waals surface area (Å²) in [5.74, 6) is -0.398. The molecule has 1 N–H and O–H groups in total. The second-order valence-corrected chi connectivity index (χ2v) is 7.80. The van der Waals surface area contributed by atoms with Gasteiger partial charge in [0, 0.05) is 13.0 Å². The summed E-state index contributed by atoms with van der Waals surface area (Å²) in [7, 11) is 0. The molecule has 1 aliphatic heterocycles. The van der Waals surface area contributed by atoms with Crippen molar-refractivity contribution in [2.45, 2.75) is 25.4 Å². The maximum atomic E-state index is 13.2. The first-order valence-electron chi connectivity index (χ1n) is 10.4. The van der Waals surface area contributed by atoms with Gasteiger partial charge in [-0.2, -0.15) is 0 Å². The van der Waals surface area contributed by atoms with Crippen LogP contribution in [0.3, 0.4) is 0 Å². The van der Waals surface area contributed by atoms with Crippen LogP contribution < -0.4 is 5.32 Å². The number of carbonyl (C=O) groups is 2. The Morgan fingerprint density at radius 2 is 1.30 bits per heavy atom. The fraction of sp³-hybridized carbons (Fsp3) is 0.231. The first-order chi connectivity index (χ1) is 14.6. The lowest BCUT2D eigenvalue weighted by Crippen LogP contribution is -2.36. The van der Waals surface area contributed by atoms with Crippen molar-refractivity contribution in [1.29, 1.82) is 0 Å². The van der Waals surface area contributed by atoms with E-state index >= 15 is 0 Å². The van der Waals surface area contributed by atoms with Gasteiger partial charge in [-0.25, -0.2) is 0 Å². The monoisotopic (exact) mass is 398 g/mol. The number of hydrogen-bond acceptors (Lipinski definition) is 2. The van der Waals surface area contributed by atoms with E-state index in [1.54, 1.807) is 0 Å². The van der Waals surface area contributed by atoms with Crippen molar-refractivity contribution in [1.82, 2.24) is 10.2 Å². The third-order valence-corrected chi connectivity index (χ3v) is 5.83. The highest BCUT2D eigenvalue weighted by atomic mass is 16.2. The van der Waals surface area contributed by atoms with E-state index in [1.165, 1.54) is 0 Å². The summed E-state index contributed by atoms with van der Waals surface area (Å²) in [4.78, 5) is 27.7. The van der Waals surface area contributed by atoms with Gasteiger partial charge in [-0.15, -0.1) is 0 Å². The minimum atomic E-state index is -0.349. The van der Waals surface area contributed by atoms with Crippen LogP contribution in [0, 0.1) is 5.92 Å². The van der Waals surface area contributed by atoms with E-state index < -0.39 is 0 Å². The van der Waals surface area contributed by atoms with Crippen molar-refractivity contribution in [3.63, 3.8) is 0 Å². The molecule has 0 saturated carbocycles. The Morgan fingerprint density at radius 1 is 0.833 bits per heavy atom. The number of carbonyl (C=O) groups excluding carboxylic acids is 2.